The molecular formula is C10H20N2O. The van der Waals surface area contributed by atoms with Gasteiger partial charge in [-0.15, -0.1) is 0 Å². The number of hydrogen-bond donors (Lipinski definition) is 2. The Hall–Kier alpha value is -0.570. The number of nitrogens with two attached hydrogens (primary N) is 1. The Kier molecular flexibility index (Phi) is 3.72. The third-order valence-electron chi connectivity index (χ3n) is 2.83. The van der Waals surface area contributed by atoms with Gasteiger partial charge >= 0.3 is 0 Å². The number of carbonyl (C=O) groups excluding carboxylic acids is 1. The second kappa shape index (κ2) is 4.61. The van der Waals surface area contributed by atoms with Crippen LogP contribution in [-0.2, 0) is 4.79 Å². The fourth-order valence-electron chi connectivity index (χ4n) is 1.37. The van der Waals surface area contributed by atoms with Crippen LogP contribution in [0.25, 0.3) is 0 Å². The van der Waals surface area contributed by atoms with E-state index in [1.54, 1.807) is 0 Å². The largest absolute Gasteiger partial charge is 0.356 e. The molecule has 2 atom stereocenters. The Morgan fingerprint density at radius 2 is 2.15 bits per heavy atom. The fourth-order valence-corrected chi connectivity index (χ4v) is 1.37. The summed E-state index contributed by atoms with van der Waals surface area (Å²) in [6, 6.07) is 0. The topological polar surface area (TPSA) is 55.1 Å². The van der Waals surface area contributed by atoms with Crippen molar-refractivity contribution >= 4 is 5.91 Å². The van der Waals surface area contributed by atoms with Crippen LogP contribution in [0.2, 0.25) is 0 Å². The standard InChI is InChI=1S/C10H20N2O/c1-7(5-11)10(13)12-6-8(2)9-3-4-9/h7-9H,3-6,11H2,1-2H3,(H,12,13). The van der Waals surface area contributed by atoms with Gasteiger partial charge in [0, 0.05) is 19.0 Å². The molecule has 2 unspecified atom stereocenters. The Labute approximate surface area is 80.1 Å². The molecule has 76 valence electrons. The van der Waals surface area contributed by atoms with E-state index in [-0.39, 0.29) is 11.8 Å². The highest BCUT2D eigenvalue weighted by Gasteiger charge is 2.28. The van der Waals surface area contributed by atoms with Gasteiger partial charge in [0.25, 0.3) is 0 Å². The Morgan fingerprint density at radius 3 is 2.62 bits per heavy atom. The van der Waals surface area contributed by atoms with Gasteiger partial charge in [-0.3, -0.25) is 4.79 Å². The van der Waals surface area contributed by atoms with Gasteiger partial charge in [-0.05, 0) is 24.7 Å². The number of rotatable bonds is 5. The van der Waals surface area contributed by atoms with Gasteiger partial charge < -0.3 is 11.1 Å². The molecule has 0 bridgehead atoms. The molecule has 1 aliphatic rings. The minimum atomic E-state index is -0.0496. The minimum Gasteiger partial charge on any atom is -0.356 e. The SMILES string of the molecule is CC(CN)C(=O)NCC(C)C1CC1. The van der Waals surface area contributed by atoms with E-state index in [9.17, 15) is 4.79 Å². The van der Waals surface area contributed by atoms with Crippen LogP contribution in [0.5, 0.6) is 0 Å². The quantitative estimate of drug-likeness (QED) is 0.662. The van der Waals surface area contributed by atoms with Crippen molar-refractivity contribution in [3.05, 3.63) is 0 Å². The molecule has 1 fully saturated rings. The summed E-state index contributed by atoms with van der Waals surface area (Å²) in [6.45, 7) is 5.31. The second-order valence-electron chi connectivity index (χ2n) is 4.20. The Morgan fingerprint density at radius 1 is 1.54 bits per heavy atom. The molecule has 3 nitrogen and oxygen atoms in total. The monoisotopic (exact) mass is 184 g/mol. The summed E-state index contributed by atoms with van der Waals surface area (Å²) in [7, 11) is 0. The van der Waals surface area contributed by atoms with Gasteiger partial charge in [-0.2, -0.15) is 0 Å². The van der Waals surface area contributed by atoms with E-state index in [1.165, 1.54) is 12.8 Å². The summed E-state index contributed by atoms with van der Waals surface area (Å²) in [6.07, 6.45) is 2.67. The predicted octanol–water partition coefficient (Wildman–Crippen LogP) is 0.743. The molecule has 1 aliphatic carbocycles. The molecule has 0 heterocycles. The average Bonchev–Trinajstić information content (AvgIpc) is 2.95. The van der Waals surface area contributed by atoms with Crippen LogP contribution < -0.4 is 11.1 Å². The highest BCUT2D eigenvalue weighted by atomic mass is 16.1. The molecule has 1 saturated carbocycles. The Balaban J connectivity index is 2.13. The molecule has 0 spiro atoms. The molecule has 0 saturated heterocycles. The van der Waals surface area contributed by atoms with E-state index in [1.807, 2.05) is 6.92 Å². The van der Waals surface area contributed by atoms with Crippen molar-refractivity contribution in [3.63, 3.8) is 0 Å². The van der Waals surface area contributed by atoms with Gasteiger partial charge in [0.15, 0.2) is 0 Å². The van der Waals surface area contributed by atoms with E-state index < -0.39 is 0 Å². The minimum absolute atomic E-state index is 0.0496. The zero-order valence-electron chi connectivity index (χ0n) is 8.55. The van der Waals surface area contributed by atoms with Gasteiger partial charge in [0.1, 0.15) is 0 Å². The van der Waals surface area contributed by atoms with Gasteiger partial charge in [0.05, 0.1) is 0 Å². The first-order chi connectivity index (χ1) is 6.15. The smallest absolute Gasteiger partial charge is 0.224 e. The number of amides is 1. The van der Waals surface area contributed by atoms with Gasteiger partial charge in [-0.25, -0.2) is 0 Å². The summed E-state index contributed by atoms with van der Waals surface area (Å²) in [5.74, 6) is 1.53. The van der Waals surface area contributed by atoms with Crippen LogP contribution in [0, 0.1) is 17.8 Å². The zero-order valence-corrected chi connectivity index (χ0v) is 8.55. The summed E-state index contributed by atoms with van der Waals surface area (Å²) >= 11 is 0. The van der Waals surface area contributed by atoms with E-state index in [0.29, 0.717) is 12.5 Å². The van der Waals surface area contributed by atoms with E-state index in [2.05, 4.69) is 12.2 Å². The highest BCUT2D eigenvalue weighted by Crippen LogP contribution is 2.36. The maximum atomic E-state index is 11.3. The van der Waals surface area contributed by atoms with Crippen molar-refractivity contribution in [3.8, 4) is 0 Å². The lowest BCUT2D eigenvalue weighted by atomic mass is 10.1. The summed E-state index contributed by atoms with van der Waals surface area (Å²) < 4.78 is 0. The summed E-state index contributed by atoms with van der Waals surface area (Å²) in [4.78, 5) is 11.3. The number of hydrogen-bond acceptors (Lipinski definition) is 2. The van der Waals surface area contributed by atoms with E-state index in [0.717, 1.165) is 12.5 Å². The second-order valence-corrected chi connectivity index (χ2v) is 4.20. The molecule has 1 amide bonds. The van der Waals surface area contributed by atoms with Crippen LogP contribution in [0.1, 0.15) is 26.7 Å². The normalized spacial score (nSPS) is 20.8. The third kappa shape index (κ3) is 3.35. The van der Waals surface area contributed by atoms with Crippen molar-refractivity contribution in [1.29, 1.82) is 0 Å². The first-order valence-corrected chi connectivity index (χ1v) is 5.13. The van der Waals surface area contributed by atoms with Gasteiger partial charge in [0.2, 0.25) is 5.91 Å². The van der Waals surface area contributed by atoms with Crippen LogP contribution >= 0.6 is 0 Å². The lowest BCUT2D eigenvalue weighted by Crippen LogP contribution is -2.36. The maximum Gasteiger partial charge on any atom is 0.224 e. The van der Waals surface area contributed by atoms with Crippen LogP contribution in [0.3, 0.4) is 0 Å². The molecule has 0 aliphatic heterocycles. The molecule has 0 aromatic rings. The molecule has 13 heavy (non-hydrogen) atoms. The van der Waals surface area contributed by atoms with Crippen LogP contribution in [0.15, 0.2) is 0 Å². The molecule has 3 N–H and O–H groups in total. The van der Waals surface area contributed by atoms with E-state index >= 15 is 0 Å². The molecule has 0 aromatic carbocycles. The van der Waals surface area contributed by atoms with Crippen molar-refractivity contribution in [1.82, 2.24) is 5.32 Å². The fraction of sp³-hybridized carbons (Fsp3) is 0.900. The number of carbonyl (C=O) groups is 1. The third-order valence-corrected chi connectivity index (χ3v) is 2.83. The van der Waals surface area contributed by atoms with E-state index in [4.69, 9.17) is 5.73 Å². The molecule has 0 aromatic heterocycles. The predicted molar refractivity (Wildman–Crippen MR) is 53.1 cm³/mol. The summed E-state index contributed by atoms with van der Waals surface area (Å²) in [5.41, 5.74) is 5.39. The first kappa shape index (κ1) is 10.5. The maximum absolute atomic E-state index is 11.3. The lowest BCUT2D eigenvalue weighted by Gasteiger charge is -2.13. The van der Waals surface area contributed by atoms with Crippen molar-refractivity contribution < 1.29 is 4.79 Å². The van der Waals surface area contributed by atoms with Crippen molar-refractivity contribution in [2.24, 2.45) is 23.5 Å². The highest BCUT2D eigenvalue weighted by molar-refractivity contribution is 5.78. The Bertz CT molecular complexity index is 178. The van der Waals surface area contributed by atoms with Crippen LogP contribution in [0.4, 0.5) is 0 Å². The molecule has 1 rings (SSSR count). The van der Waals surface area contributed by atoms with Crippen molar-refractivity contribution in [2.45, 2.75) is 26.7 Å². The lowest BCUT2D eigenvalue weighted by molar-refractivity contribution is -0.124. The van der Waals surface area contributed by atoms with Crippen molar-refractivity contribution in [2.75, 3.05) is 13.1 Å². The zero-order chi connectivity index (χ0) is 9.84. The average molecular weight is 184 g/mol. The van der Waals surface area contributed by atoms with Gasteiger partial charge in [-0.1, -0.05) is 13.8 Å². The van der Waals surface area contributed by atoms with Crippen LogP contribution in [-0.4, -0.2) is 19.0 Å². The first-order valence-electron chi connectivity index (χ1n) is 5.13. The molecule has 0 radical (unpaired) electrons. The molecule has 3 heteroatoms. The number of nitrogens with one attached hydrogen (secondary N) is 1. The molecular weight excluding hydrogens is 164 g/mol. The summed E-state index contributed by atoms with van der Waals surface area (Å²) in [5, 5.41) is 2.94.